The number of fused-ring (bicyclic) bond motifs is 1. The van der Waals surface area contributed by atoms with Crippen molar-refractivity contribution >= 4 is 32.7 Å². The van der Waals surface area contributed by atoms with Gasteiger partial charge in [0.25, 0.3) is 0 Å². The van der Waals surface area contributed by atoms with E-state index in [1.807, 2.05) is 31.2 Å². The van der Waals surface area contributed by atoms with Crippen molar-refractivity contribution in [1.29, 1.82) is 0 Å². The van der Waals surface area contributed by atoms with Crippen molar-refractivity contribution in [1.82, 2.24) is 13.4 Å². The molecule has 0 bridgehead atoms. The number of piperidine rings is 1. The summed E-state index contributed by atoms with van der Waals surface area (Å²) in [6, 6.07) is 13.9. The van der Waals surface area contributed by atoms with Crippen LogP contribution in [0.5, 0.6) is 0 Å². The van der Waals surface area contributed by atoms with Gasteiger partial charge >= 0.3 is 5.69 Å². The summed E-state index contributed by atoms with van der Waals surface area (Å²) in [6.45, 7) is 3.94. The van der Waals surface area contributed by atoms with E-state index in [1.165, 1.54) is 10.4 Å². The van der Waals surface area contributed by atoms with Crippen LogP contribution in [0.25, 0.3) is 11.0 Å². The fraction of sp³-hybridized carbons (Fsp3) is 0.417. The maximum Gasteiger partial charge on any atom is 0.329 e. The Morgan fingerprint density at radius 3 is 2.27 bits per heavy atom. The highest BCUT2D eigenvalue weighted by molar-refractivity contribution is 7.89. The lowest BCUT2D eigenvalue weighted by Gasteiger charge is -2.26. The van der Waals surface area contributed by atoms with Crippen LogP contribution in [0.1, 0.15) is 39.0 Å². The summed E-state index contributed by atoms with van der Waals surface area (Å²) in [7, 11) is -3.57. The van der Waals surface area contributed by atoms with Gasteiger partial charge in [-0.1, -0.05) is 31.5 Å². The Kier molecular flexibility index (Phi) is 6.99. The summed E-state index contributed by atoms with van der Waals surface area (Å²) in [5.41, 5.74) is 1.97. The molecule has 1 saturated heterocycles. The van der Waals surface area contributed by atoms with Gasteiger partial charge in [-0.3, -0.25) is 13.9 Å². The van der Waals surface area contributed by atoms with Crippen molar-refractivity contribution in [3.8, 4) is 0 Å². The number of nitrogens with zero attached hydrogens (tertiary/aromatic N) is 3. The number of nitrogens with one attached hydrogen (secondary N) is 1. The maximum absolute atomic E-state index is 12.9. The number of sulfonamides is 1. The second kappa shape index (κ2) is 9.93. The average molecular weight is 471 g/mol. The molecule has 3 aromatic rings. The molecular weight excluding hydrogens is 440 g/mol. The van der Waals surface area contributed by atoms with Crippen molar-refractivity contribution in [3.63, 3.8) is 0 Å². The molecule has 2 heterocycles. The smallest absolute Gasteiger partial charge is 0.326 e. The standard InChI is InChI=1S/C24H30N4O4S/c1-2-14-27-21-11-4-5-12-22(21)28(24(27)30)17-13-23(29)25-19-9-8-10-20(18-19)33(31,32)26-15-6-3-7-16-26/h4-5,8-12,18H,2-3,6-7,13-17H2,1H3,(H,25,29). The lowest BCUT2D eigenvalue weighted by atomic mass is 10.2. The summed E-state index contributed by atoms with van der Waals surface area (Å²) in [6.07, 6.45) is 3.71. The van der Waals surface area contributed by atoms with E-state index in [9.17, 15) is 18.0 Å². The first-order valence-corrected chi connectivity index (χ1v) is 12.9. The van der Waals surface area contributed by atoms with Crippen LogP contribution in [-0.4, -0.2) is 40.9 Å². The van der Waals surface area contributed by atoms with Gasteiger partial charge in [0.15, 0.2) is 0 Å². The number of aromatic nitrogens is 2. The van der Waals surface area contributed by atoms with E-state index in [2.05, 4.69) is 5.32 Å². The van der Waals surface area contributed by atoms with Crippen molar-refractivity contribution in [2.24, 2.45) is 0 Å². The van der Waals surface area contributed by atoms with E-state index in [-0.39, 0.29) is 29.5 Å². The summed E-state index contributed by atoms with van der Waals surface area (Å²) in [5.74, 6) is -0.276. The molecule has 9 heteroatoms. The Labute approximate surface area is 193 Å². The van der Waals surface area contributed by atoms with Crippen LogP contribution in [0.2, 0.25) is 0 Å². The Balaban J connectivity index is 1.47. The lowest BCUT2D eigenvalue weighted by Crippen LogP contribution is -2.35. The second-order valence-corrected chi connectivity index (χ2v) is 10.3. The van der Waals surface area contributed by atoms with E-state index < -0.39 is 10.0 Å². The third kappa shape index (κ3) is 4.89. The topological polar surface area (TPSA) is 93.4 Å². The minimum absolute atomic E-state index is 0.100. The molecule has 0 spiro atoms. The molecule has 33 heavy (non-hydrogen) atoms. The predicted molar refractivity (Wildman–Crippen MR) is 129 cm³/mol. The molecule has 0 atom stereocenters. The van der Waals surface area contributed by atoms with Crippen LogP contribution in [0.4, 0.5) is 5.69 Å². The Hall–Kier alpha value is -2.91. The van der Waals surface area contributed by atoms with Gasteiger partial charge in [-0.2, -0.15) is 4.31 Å². The summed E-state index contributed by atoms with van der Waals surface area (Å²) in [5, 5.41) is 2.78. The molecule has 0 aliphatic carbocycles. The number of hydrogen-bond acceptors (Lipinski definition) is 4. The van der Waals surface area contributed by atoms with Crippen LogP contribution in [0, 0.1) is 0 Å². The van der Waals surface area contributed by atoms with Crippen molar-refractivity contribution in [3.05, 3.63) is 59.0 Å². The highest BCUT2D eigenvalue weighted by Gasteiger charge is 2.26. The molecule has 176 valence electrons. The van der Waals surface area contributed by atoms with Gasteiger partial charge in [0.1, 0.15) is 0 Å². The minimum atomic E-state index is -3.57. The predicted octanol–water partition coefficient (Wildman–Crippen LogP) is 3.42. The third-order valence-electron chi connectivity index (χ3n) is 6.01. The first-order chi connectivity index (χ1) is 15.9. The molecule has 0 unspecified atom stereocenters. The van der Waals surface area contributed by atoms with Crippen LogP contribution < -0.4 is 11.0 Å². The molecule has 2 aromatic carbocycles. The van der Waals surface area contributed by atoms with Crippen LogP contribution in [-0.2, 0) is 27.9 Å². The maximum atomic E-state index is 12.9. The molecule has 4 rings (SSSR count). The molecular formula is C24H30N4O4S. The van der Waals surface area contributed by atoms with Gasteiger partial charge in [0.05, 0.1) is 15.9 Å². The fourth-order valence-electron chi connectivity index (χ4n) is 4.35. The first kappa shape index (κ1) is 23.3. The van der Waals surface area contributed by atoms with Crippen LogP contribution >= 0.6 is 0 Å². The van der Waals surface area contributed by atoms with Crippen molar-refractivity contribution in [2.75, 3.05) is 18.4 Å². The number of anilines is 1. The summed E-state index contributed by atoms with van der Waals surface area (Å²) >= 11 is 0. The van der Waals surface area contributed by atoms with Gasteiger partial charge in [-0.15, -0.1) is 0 Å². The number of carbonyl (C=O) groups excluding carboxylic acids is 1. The number of benzene rings is 2. The highest BCUT2D eigenvalue weighted by atomic mass is 32.2. The Morgan fingerprint density at radius 2 is 1.61 bits per heavy atom. The molecule has 1 aromatic heterocycles. The number of aryl methyl sites for hydroxylation is 2. The number of carbonyl (C=O) groups is 1. The third-order valence-corrected chi connectivity index (χ3v) is 7.90. The quantitative estimate of drug-likeness (QED) is 0.546. The molecule has 1 aliphatic heterocycles. The molecule has 1 amide bonds. The first-order valence-electron chi connectivity index (χ1n) is 11.5. The highest BCUT2D eigenvalue weighted by Crippen LogP contribution is 2.23. The SMILES string of the molecule is CCCn1c(=O)n(CCC(=O)Nc2cccc(S(=O)(=O)N3CCCCC3)c2)c2ccccc21. The van der Waals surface area contributed by atoms with E-state index in [0.29, 0.717) is 25.3 Å². The molecule has 1 aliphatic rings. The molecule has 1 N–H and O–H groups in total. The average Bonchev–Trinajstić information content (AvgIpc) is 3.09. The minimum Gasteiger partial charge on any atom is -0.326 e. The van der Waals surface area contributed by atoms with E-state index in [1.54, 1.807) is 27.3 Å². The van der Waals surface area contributed by atoms with Gasteiger partial charge in [0, 0.05) is 38.3 Å². The summed E-state index contributed by atoms with van der Waals surface area (Å²) in [4.78, 5) is 25.7. The lowest BCUT2D eigenvalue weighted by molar-refractivity contribution is -0.116. The zero-order valence-corrected chi connectivity index (χ0v) is 19.7. The Morgan fingerprint density at radius 1 is 0.939 bits per heavy atom. The van der Waals surface area contributed by atoms with Gasteiger partial charge in [-0.25, -0.2) is 13.2 Å². The van der Waals surface area contributed by atoms with Gasteiger partial charge in [0.2, 0.25) is 15.9 Å². The molecule has 8 nitrogen and oxygen atoms in total. The fourth-order valence-corrected chi connectivity index (χ4v) is 5.92. The van der Waals surface area contributed by atoms with Crippen molar-refractivity contribution in [2.45, 2.75) is 57.0 Å². The van der Waals surface area contributed by atoms with E-state index in [0.717, 1.165) is 36.7 Å². The molecule has 1 fully saturated rings. The normalized spacial score (nSPS) is 15.1. The van der Waals surface area contributed by atoms with E-state index in [4.69, 9.17) is 0 Å². The van der Waals surface area contributed by atoms with Gasteiger partial charge in [-0.05, 0) is 49.6 Å². The van der Waals surface area contributed by atoms with E-state index >= 15 is 0 Å². The van der Waals surface area contributed by atoms with Crippen LogP contribution in [0.3, 0.4) is 0 Å². The zero-order chi connectivity index (χ0) is 23.4. The number of imidazole rings is 1. The number of rotatable bonds is 8. The van der Waals surface area contributed by atoms with Gasteiger partial charge < -0.3 is 5.32 Å². The second-order valence-electron chi connectivity index (χ2n) is 8.37. The largest absolute Gasteiger partial charge is 0.329 e. The number of amides is 1. The number of hydrogen-bond donors (Lipinski definition) is 1. The zero-order valence-electron chi connectivity index (χ0n) is 18.9. The Bertz CT molecular complexity index is 1300. The number of para-hydroxylation sites is 2. The summed E-state index contributed by atoms with van der Waals surface area (Å²) < 4.78 is 30.7. The van der Waals surface area contributed by atoms with Crippen molar-refractivity contribution < 1.29 is 13.2 Å². The molecule has 0 saturated carbocycles. The molecule has 0 radical (unpaired) electrons. The monoisotopic (exact) mass is 470 g/mol. The van der Waals surface area contributed by atoms with Crippen LogP contribution in [0.15, 0.2) is 58.2 Å².